The summed E-state index contributed by atoms with van der Waals surface area (Å²) in [5.74, 6) is 0.682. The van der Waals surface area contributed by atoms with E-state index >= 15 is 0 Å². The largest absolute Gasteiger partial charge is 0.340 e. The predicted octanol–water partition coefficient (Wildman–Crippen LogP) is 4.60. The number of aryl methyl sites for hydroxylation is 2. The van der Waals surface area contributed by atoms with Gasteiger partial charge in [0.2, 0.25) is 5.91 Å². The van der Waals surface area contributed by atoms with Crippen LogP contribution in [0.2, 0.25) is 0 Å². The molecular weight excluding hydrogens is 398 g/mol. The lowest BCUT2D eigenvalue weighted by atomic mass is 10.1. The molecule has 0 bridgehead atoms. The van der Waals surface area contributed by atoms with E-state index in [0.717, 1.165) is 48.0 Å². The molecule has 0 spiro atoms. The first kappa shape index (κ1) is 20.5. The summed E-state index contributed by atoms with van der Waals surface area (Å²) in [6.45, 7) is 5.90. The molecule has 0 radical (unpaired) electrons. The lowest BCUT2D eigenvalue weighted by Crippen LogP contribution is -2.34. The zero-order valence-electron chi connectivity index (χ0n) is 18.7. The first-order valence-corrected chi connectivity index (χ1v) is 11.4. The lowest BCUT2D eigenvalue weighted by Gasteiger charge is -2.21. The van der Waals surface area contributed by atoms with Gasteiger partial charge in [-0.15, -0.1) is 0 Å². The molecule has 1 N–H and O–H groups in total. The van der Waals surface area contributed by atoms with E-state index in [1.807, 2.05) is 18.6 Å². The molecule has 2 atom stereocenters. The van der Waals surface area contributed by atoms with Crippen molar-refractivity contribution in [1.29, 1.82) is 0 Å². The average molecular weight is 428 g/mol. The predicted molar refractivity (Wildman–Crippen MR) is 126 cm³/mol. The number of benzene rings is 2. The van der Waals surface area contributed by atoms with E-state index in [9.17, 15) is 4.79 Å². The van der Waals surface area contributed by atoms with Crippen LogP contribution in [0.4, 0.5) is 0 Å². The molecule has 1 amide bonds. The smallest absolute Gasteiger partial charge is 0.223 e. The van der Waals surface area contributed by atoms with E-state index in [0.29, 0.717) is 12.3 Å². The maximum Gasteiger partial charge on any atom is 0.223 e. The van der Waals surface area contributed by atoms with Crippen molar-refractivity contribution < 1.29 is 4.79 Å². The Labute approximate surface area is 188 Å². The highest BCUT2D eigenvalue weighted by molar-refractivity contribution is 5.84. The Kier molecular flexibility index (Phi) is 5.52. The van der Waals surface area contributed by atoms with E-state index in [2.05, 4.69) is 81.2 Å². The number of aromatic nitrogens is 4. The van der Waals surface area contributed by atoms with Crippen molar-refractivity contribution in [2.45, 2.75) is 45.7 Å². The Morgan fingerprint density at radius 1 is 1.16 bits per heavy atom. The molecule has 3 heterocycles. The summed E-state index contributed by atoms with van der Waals surface area (Å²) in [6.07, 6.45) is 8.05. The van der Waals surface area contributed by atoms with Gasteiger partial charge >= 0.3 is 0 Å². The zero-order chi connectivity index (χ0) is 22.1. The molecule has 2 aromatic heterocycles. The average Bonchev–Trinajstić information content (AvgIpc) is 3.53. The van der Waals surface area contributed by atoms with Crippen LogP contribution in [0.1, 0.15) is 30.9 Å². The maximum absolute atomic E-state index is 12.9. The molecule has 1 aliphatic heterocycles. The summed E-state index contributed by atoms with van der Waals surface area (Å²) in [5, 5.41) is 12.7. The number of hydrogen-bond donors (Lipinski definition) is 1. The summed E-state index contributed by atoms with van der Waals surface area (Å²) < 4.78 is 2.09. The number of H-pyrrole nitrogens is 1. The number of hydrogen-bond acceptors (Lipinski definition) is 3. The molecule has 1 fully saturated rings. The molecular formula is C26H29N5O. The maximum atomic E-state index is 12.9. The Morgan fingerprint density at radius 2 is 2.06 bits per heavy atom. The molecule has 1 aliphatic rings. The van der Waals surface area contributed by atoms with E-state index in [-0.39, 0.29) is 11.9 Å². The van der Waals surface area contributed by atoms with E-state index < -0.39 is 0 Å². The second kappa shape index (κ2) is 8.61. The van der Waals surface area contributed by atoms with Gasteiger partial charge in [0.05, 0.1) is 17.9 Å². The molecule has 164 valence electrons. The first-order valence-electron chi connectivity index (χ1n) is 11.4. The lowest BCUT2D eigenvalue weighted by molar-refractivity contribution is -0.131. The minimum absolute atomic E-state index is 0.261. The van der Waals surface area contributed by atoms with Gasteiger partial charge in [-0.25, -0.2) is 0 Å². The third-order valence-corrected chi connectivity index (χ3v) is 6.60. The summed E-state index contributed by atoms with van der Waals surface area (Å²) in [6, 6.07) is 15.1. The topological polar surface area (TPSA) is 66.8 Å². The van der Waals surface area contributed by atoms with Crippen LogP contribution in [0.5, 0.6) is 0 Å². The number of carbonyl (C=O) groups is 1. The number of carbonyl (C=O) groups excluding carboxylic acids is 1. The second-order valence-electron chi connectivity index (χ2n) is 9.07. The minimum Gasteiger partial charge on any atom is -0.340 e. The third-order valence-electron chi connectivity index (χ3n) is 6.60. The van der Waals surface area contributed by atoms with Gasteiger partial charge in [-0.3, -0.25) is 14.6 Å². The summed E-state index contributed by atoms with van der Waals surface area (Å²) >= 11 is 0. The molecule has 1 saturated heterocycles. The second-order valence-corrected chi connectivity index (χ2v) is 9.07. The van der Waals surface area contributed by atoms with Crippen molar-refractivity contribution in [2.75, 3.05) is 6.54 Å². The van der Waals surface area contributed by atoms with Crippen molar-refractivity contribution >= 4 is 16.8 Å². The van der Waals surface area contributed by atoms with Crippen LogP contribution in [0.15, 0.2) is 61.1 Å². The third kappa shape index (κ3) is 4.17. The molecule has 6 nitrogen and oxygen atoms in total. The molecule has 0 aliphatic carbocycles. The van der Waals surface area contributed by atoms with Crippen molar-refractivity contribution in [1.82, 2.24) is 24.9 Å². The zero-order valence-corrected chi connectivity index (χ0v) is 18.7. The molecule has 32 heavy (non-hydrogen) atoms. The number of aromatic amines is 1. The van der Waals surface area contributed by atoms with Crippen molar-refractivity contribution in [3.63, 3.8) is 0 Å². The Balaban J connectivity index is 1.23. The minimum atomic E-state index is 0.261. The van der Waals surface area contributed by atoms with Gasteiger partial charge in [0, 0.05) is 42.7 Å². The van der Waals surface area contributed by atoms with Gasteiger partial charge in [0.1, 0.15) is 0 Å². The monoisotopic (exact) mass is 427 g/mol. The molecule has 2 aromatic carbocycles. The van der Waals surface area contributed by atoms with Gasteiger partial charge in [-0.1, -0.05) is 35.9 Å². The Bertz CT molecular complexity index is 1230. The van der Waals surface area contributed by atoms with E-state index in [4.69, 9.17) is 0 Å². The highest BCUT2D eigenvalue weighted by Gasteiger charge is 2.32. The van der Waals surface area contributed by atoms with E-state index in [1.165, 1.54) is 11.1 Å². The molecule has 0 saturated carbocycles. The summed E-state index contributed by atoms with van der Waals surface area (Å²) in [4.78, 5) is 15.0. The van der Waals surface area contributed by atoms with Gasteiger partial charge < -0.3 is 4.90 Å². The summed E-state index contributed by atoms with van der Waals surface area (Å²) in [5.41, 5.74) is 5.82. The van der Waals surface area contributed by atoms with Crippen LogP contribution in [-0.2, 0) is 17.8 Å². The number of amides is 1. The molecule has 5 rings (SSSR count). The van der Waals surface area contributed by atoms with Crippen LogP contribution in [0, 0.1) is 12.8 Å². The summed E-state index contributed by atoms with van der Waals surface area (Å²) in [7, 11) is 0. The highest BCUT2D eigenvalue weighted by Crippen LogP contribution is 2.28. The molecule has 1 unspecified atom stereocenters. The van der Waals surface area contributed by atoms with Gasteiger partial charge in [0.25, 0.3) is 0 Å². The van der Waals surface area contributed by atoms with Crippen LogP contribution < -0.4 is 0 Å². The highest BCUT2D eigenvalue weighted by atomic mass is 16.2. The van der Waals surface area contributed by atoms with Gasteiger partial charge in [0.15, 0.2) is 0 Å². The fraction of sp³-hybridized carbons (Fsp3) is 0.346. The van der Waals surface area contributed by atoms with Crippen molar-refractivity contribution in [3.05, 3.63) is 72.2 Å². The van der Waals surface area contributed by atoms with Crippen LogP contribution in [0.3, 0.4) is 0 Å². The van der Waals surface area contributed by atoms with Crippen LogP contribution >= 0.6 is 0 Å². The van der Waals surface area contributed by atoms with Crippen LogP contribution in [-0.4, -0.2) is 43.4 Å². The number of nitrogens with one attached hydrogen (secondary N) is 1. The van der Waals surface area contributed by atoms with Gasteiger partial charge in [-0.2, -0.15) is 10.2 Å². The van der Waals surface area contributed by atoms with E-state index in [1.54, 1.807) is 0 Å². The van der Waals surface area contributed by atoms with Crippen LogP contribution in [0.25, 0.3) is 22.0 Å². The Hall–Kier alpha value is -3.41. The first-order chi connectivity index (χ1) is 15.6. The van der Waals surface area contributed by atoms with Crippen molar-refractivity contribution in [2.24, 2.45) is 5.92 Å². The SMILES string of the molecule is Cc1cccc(CCC(=O)N2CC(Cn3ncc4cc(-c5cn[nH]c5)ccc43)C[C@H]2C)c1. The molecule has 4 aromatic rings. The normalized spacial score (nSPS) is 18.5. The van der Waals surface area contributed by atoms with Gasteiger partial charge in [-0.05, 0) is 55.9 Å². The fourth-order valence-corrected chi connectivity index (χ4v) is 4.95. The van der Waals surface area contributed by atoms with Crippen molar-refractivity contribution in [3.8, 4) is 11.1 Å². The quantitative estimate of drug-likeness (QED) is 0.489. The number of fused-ring (bicyclic) bond motifs is 1. The molecule has 6 heteroatoms. The fourth-order valence-electron chi connectivity index (χ4n) is 4.95. The number of rotatable bonds is 6. The Morgan fingerprint density at radius 3 is 2.88 bits per heavy atom. The standard InChI is InChI=1S/C26H29N5O/c1-18-4-3-5-20(10-18)6-9-26(32)30-16-21(11-19(30)2)17-31-25-8-7-22(12-23(25)15-29-31)24-13-27-28-14-24/h3-5,7-8,10,12-15,19,21H,6,9,11,16-17H2,1-2H3,(H,27,28)/t19-,21?/m1/s1. The number of likely N-dealkylation sites (tertiary alicyclic amines) is 1. The number of nitrogens with zero attached hydrogens (tertiary/aromatic N) is 4.